The topological polar surface area (TPSA) is 118 Å². The Morgan fingerprint density at radius 2 is 1.63 bits per heavy atom. The maximum absolute atomic E-state index is 11.7. The molecular weight excluding hydrogens is 294 g/mol. The predicted molar refractivity (Wildman–Crippen MR) is 72.1 cm³/mol. The molecule has 19 heavy (non-hydrogen) atoms. The van der Waals surface area contributed by atoms with E-state index < -0.39 is 31.9 Å². The Labute approximate surface area is 114 Å². The number of hydrogen-bond donors (Lipinski definition) is 2. The third-order valence-electron chi connectivity index (χ3n) is 2.36. The monoisotopic (exact) mass is 315 g/mol. The molecule has 2 N–H and O–H groups in total. The molecule has 1 unspecified atom stereocenters. The van der Waals surface area contributed by atoms with Crippen LogP contribution in [0.2, 0.25) is 0 Å². The highest BCUT2D eigenvalue weighted by Crippen LogP contribution is 2.05. The molecule has 0 fully saturated rings. The number of sulfonamides is 1. The van der Waals surface area contributed by atoms with E-state index in [0.717, 1.165) is 6.26 Å². The Balaban J connectivity index is 4.62. The molecule has 0 aromatic heterocycles. The van der Waals surface area contributed by atoms with Crippen LogP contribution in [0.3, 0.4) is 0 Å². The molecule has 0 rings (SSSR count). The summed E-state index contributed by atoms with van der Waals surface area (Å²) in [7, 11) is -7.05. The Morgan fingerprint density at radius 1 is 1.11 bits per heavy atom. The minimum absolute atomic E-state index is 0.173. The summed E-state index contributed by atoms with van der Waals surface area (Å²) in [6.07, 6.45) is 1.10. The zero-order valence-corrected chi connectivity index (χ0v) is 12.9. The first-order valence-electron chi connectivity index (χ1n) is 5.83. The molecule has 9 heteroatoms. The first kappa shape index (κ1) is 18.3. The van der Waals surface area contributed by atoms with Gasteiger partial charge >= 0.3 is 5.97 Å². The molecule has 0 saturated heterocycles. The Morgan fingerprint density at radius 3 is 2.00 bits per heavy atom. The number of sulfone groups is 1. The average Bonchev–Trinajstić information content (AvgIpc) is 2.20. The quantitative estimate of drug-likeness (QED) is 0.610. The highest BCUT2D eigenvalue weighted by atomic mass is 32.2. The molecule has 0 aliphatic carbocycles. The molecule has 0 radical (unpaired) electrons. The molecule has 0 aromatic rings. The van der Waals surface area contributed by atoms with E-state index in [1.165, 1.54) is 0 Å². The molecule has 114 valence electrons. The number of carboxylic acids is 1. The SMILES string of the molecule is CC(C)CCS(=O)(=O)NC(CCS(C)(=O)=O)C(=O)O. The van der Waals surface area contributed by atoms with Crippen LogP contribution in [0.1, 0.15) is 26.7 Å². The number of carboxylic acid groups (broad SMARTS) is 1. The molecule has 0 saturated carbocycles. The molecule has 0 amide bonds. The van der Waals surface area contributed by atoms with Gasteiger partial charge in [0.25, 0.3) is 0 Å². The highest BCUT2D eigenvalue weighted by Gasteiger charge is 2.25. The van der Waals surface area contributed by atoms with Crippen molar-refractivity contribution in [1.29, 1.82) is 0 Å². The van der Waals surface area contributed by atoms with E-state index in [1.807, 2.05) is 18.6 Å². The van der Waals surface area contributed by atoms with Gasteiger partial charge in [-0.3, -0.25) is 4.79 Å². The highest BCUT2D eigenvalue weighted by molar-refractivity contribution is 7.90. The molecule has 0 bridgehead atoms. The smallest absolute Gasteiger partial charge is 0.321 e. The third kappa shape index (κ3) is 9.85. The van der Waals surface area contributed by atoms with Crippen LogP contribution in [-0.2, 0) is 24.7 Å². The molecule has 0 aliphatic heterocycles. The summed E-state index contributed by atoms with van der Waals surface area (Å²) in [6.45, 7) is 3.71. The van der Waals surface area contributed by atoms with Crippen LogP contribution in [-0.4, -0.2) is 51.7 Å². The summed E-state index contributed by atoms with van der Waals surface area (Å²) in [5, 5.41) is 8.89. The second kappa shape index (κ2) is 7.20. The number of aliphatic carboxylic acids is 1. The number of nitrogens with one attached hydrogen (secondary N) is 1. The van der Waals surface area contributed by atoms with E-state index >= 15 is 0 Å². The van der Waals surface area contributed by atoms with Crippen LogP contribution in [0.4, 0.5) is 0 Å². The average molecular weight is 315 g/mol. The minimum Gasteiger partial charge on any atom is -0.480 e. The number of carbonyl (C=O) groups is 1. The Hall–Kier alpha value is -0.670. The summed E-state index contributed by atoms with van der Waals surface area (Å²) in [5.41, 5.74) is 0. The van der Waals surface area contributed by atoms with Crippen molar-refractivity contribution in [2.75, 3.05) is 17.8 Å². The maximum atomic E-state index is 11.7. The summed E-state index contributed by atoms with van der Waals surface area (Å²) in [5.74, 6) is -1.75. The van der Waals surface area contributed by atoms with Crippen molar-refractivity contribution in [1.82, 2.24) is 4.72 Å². The Bertz CT molecular complexity index is 494. The molecule has 0 spiro atoms. The van der Waals surface area contributed by atoms with Crippen molar-refractivity contribution < 1.29 is 26.7 Å². The van der Waals surface area contributed by atoms with Gasteiger partial charge in [-0.05, 0) is 18.8 Å². The number of rotatable bonds is 9. The fourth-order valence-corrected chi connectivity index (χ4v) is 3.45. The van der Waals surface area contributed by atoms with Gasteiger partial charge in [0, 0.05) is 6.26 Å². The first-order chi connectivity index (χ1) is 8.43. The van der Waals surface area contributed by atoms with E-state index in [2.05, 4.69) is 0 Å². The van der Waals surface area contributed by atoms with E-state index in [9.17, 15) is 21.6 Å². The van der Waals surface area contributed by atoms with Crippen molar-refractivity contribution in [3.63, 3.8) is 0 Å². The van der Waals surface area contributed by atoms with Gasteiger partial charge in [0.2, 0.25) is 10.0 Å². The van der Waals surface area contributed by atoms with Crippen molar-refractivity contribution in [3.05, 3.63) is 0 Å². The molecule has 0 aromatic carbocycles. The number of hydrogen-bond acceptors (Lipinski definition) is 5. The second-order valence-corrected chi connectivity index (χ2v) is 9.06. The van der Waals surface area contributed by atoms with Gasteiger partial charge in [-0.1, -0.05) is 13.8 Å². The maximum Gasteiger partial charge on any atom is 0.321 e. The fraction of sp³-hybridized carbons (Fsp3) is 0.900. The van der Waals surface area contributed by atoms with Crippen LogP contribution in [0.5, 0.6) is 0 Å². The van der Waals surface area contributed by atoms with E-state index in [0.29, 0.717) is 6.42 Å². The molecule has 7 nitrogen and oxygen atoms in total. The zero-order chi connectivity index (χ0) is 15.3. The Kier molecular flexibility index (Phi) is 6.95. The third-order valence-corrected chi connectivity index (χ3v) is 4.76. The molecule has 1 atom stereocenters. The van der Waals surface area contributed by atoms with Crippen LogP contribution in [0, 0.1) is 5.92 Å². The van der Waals surface area contributed by atoms with Gasteiger partial charge in [-0.25, -0.2) is 21.6 Å². The van der Waals surface area contributed by atoms with Gasteiger partial charge in [-0.15, -0.1) is 0 Å². The lowest BCUT2D eigenvalue weighted by Gasteiger charge is -2.14. The van der Waals surface area contributed by atoms with Crippen LogP contribution in [0.25, 0.3) is 0 Å². The first-order valence-corrected chi connectivity index (χ1v) is 9.55. The largest absolute Gasteiger partial charge is 0.480 e. The predicted octanol–water partition coefficient (Wildman–Crippen LogP) is -0.160. The molecular formula is C10H21NO6S2. The summed E-state index contributed by atoms with van der Waals surface area (Å²) in [6, 6.07) is -1.41. The van der Waals surface area contributed by atoms with Gasteiger partial charge < -0.3 is 5.11 Å². The lowest BCUT2D eigenvalue weighted by atomic mass is 10.2. The van der Waals surface area contributed by atoms with Crippen molar-refractivity contribution in [2.24, 2.45) is 5.92 Å². The van der Waals surface area contributed by atoms with E-state index in [1.54, 1.807) is 0 Å². The van der Waals surface area contributed by atoms with Crippen molar-refractivity contribution in [2.45, 2.75) is 32.7 Å². The van der Waals surface area contributed by atoms with Crippen LogP contribution < -0.4 is 4.72 Å². The van der Waals surface area contributed by atoms with Crippen molar-refractivity contribution in [3.8, 4) is 0 Å². The standard InChI is InChI=1S/C10H21NO6S2/c1-8(2)4-7-19(16,17)11-9(10(12)13)5-6-18(3,14)15/h8-9,11H,4-7H2,1-3H3,(H,12,13). The van der Waals surface area contributed by atoms with Gasteiger partial charge in [0.05, 0.1) is 11.5 Å². The normalized spacial score (nSPS) is 14.5. The van der Waals surface area contributed by atoms with E-state index in [4.69, 9.17) is 5.11 Å². The van der Waals surface area contributed by atoms with Gasteiger partial charge in [0.1, 0.15) is 15.9 Å². The van der Waals surface area contributed by atoms with Gasteiger partial charge in [-0.2, -0.15) is 0 Å². The summed E-state index contributed by atoms with van der Waals surface area (Å²) in [4.78, 5) is 10.9. The summed E-state index contributed by atoms with van der Waals surface area (Å²) >= 11 is 0. The second-order valence-electron chi connectivity index (χ2n) is 4.93. The minimum atomic E-state index is -3.71. The lowest BCUT2D eigenvalue weighted by molar-refractivity contribution is -0.139. The van der Waals surface area contributed by atoms with Gasteiger partial charge in [0.15, 0.2) is 0 Å². The zero-order valence-electron chi connectivity index (χ0n) is 11.3. The lowest BCUT2D eigenvalue weighted by Crippen LogP contribution is -2.43. The fourth-order valence-electron chi connectivity index (χ4n) is 1.23. The van der Waals surface area contributed by atoms with Crippen molar-refractivity contribution >= 4 is 25.8 Å². The molecule has 0 heterocycles. The summed E-state index contributed by atoms with van der Waals surface area (Å²) < 4.78 is 47.3. The van der Waals surface area contributed by atoms with E-state index in [-0.39, 0.29) is 23.8 Å². The van der Waals surface area contributed by atoms with Crippen LogP contribution in [0.15, 0.2) is 0 Å². The van der Waals surface area contributed by atoms with Crippen LogP contribution >= 0.6 is 0 Å². The molecule has 0 aliphatic rings.